The van der Waals surface area contributed by atoms with Crippen LogP contribution in [0.4, 0.5) is 0 Å². The van der Waals surface area contributed by atoms with Gasteiger partial charge in [0, 0.05) is 19.6 Å². The fourth-order valence-corrected chi connectivity index (χ4v) is 3.09. The van der Waals surface area contributed by atoms with E-state index in [0.717, 1.165) is 19.6 Å². The number of carbonyl (C=O) groups is 1. The summed E-state index contributed by atoms with van der Waals surface area (Å²) >= 11 is 0. The van der Waals surface area contributed by atoms with Gasteiger partial charge in [-0.15, -0.1) is 0 Å². The lowest BCUT2D eigenvalue weighted by Gasteiger charge is -2.32. The molecule has 0 aliphatic carbocycles. The minimum absolute atomic E-state index is 0.0127. The van der Waals surface area contributed by atoms with Gasteiger partial charge in [0.05, 0.1) is 19.1 Å². The Morgan fingerprint density at radius 2 is 2.05 bits per heavy atom. The maximum atomic E-state index is 12.4. The fraction of sp³-hybridized carbons (Fsp3) is 0.929. The van der Waals surface area contributed by atoms with Crippen LogP contribution >= 0.6 is 0 Å². The fourth-order valence-electron chi connectivity index (χ4n) is 3.09. The molecule has 2 atom stereocenters. The van der Waals surface area contributed by atoms with Gasteiger partial charge in [-0.2, -0.15) is 0 Å². The Morgan fingerprint density at radius 1 is 1.37 bits per heavy atom. The van der Waals surface area contributed by atoms with E-state index in [0.29, 0.717) is 19.1 Å². The SMILES string of the molecule is CNC1COCC1C(=O)N(C)CC1CCN(C)CC1. The normalized spacial score (nSPS) is 29.6. The van der Waals surface area contributed by atoms with Gasteiger partial charge in [0.1, 0.15) is 0 Å². The Bertz CT molecular complexity index is 303. The van der Waals surface area contributed by atoms with Gasteiger partial charge in [0.15, 0.2) is 0 Å². The van der Waals surface area contributed by atoms with Gasteiger partial charge < -0.3 is 19.9 Å². The molecule has 2 saturated heterocycles. The highest BCUT2D eigenvalue weighted by atomic mass is 16.5. The van der Waals surface area contributed by atoms with Crippen LogP contribution in [0, 0.1) is 11.8 Å². The minimum atomic E-state index is -0.0127. The Hall–Kier alpha value is -0.650. The van der Waals surface area contributed by atoms with Crippen LogP contribution in [-0.4, -0.2) is 75.7 Å². The van der Waals surface area contributed by atoms with Gasteiger partial charge >= 0.3 is 0 Å². The largest absolute Gasteiger partial charge is 0.379 e. The number of amides is 1. The van der Waals surface area contributed by atoms with Crippen LogP contribution in [0.3, 0.4) is 0 Å². The van der Waals surface area contributed by atoms with Crippen molar-refractivity contribution in [3.05, 3.63) is 0 Å². The predicted molar refractivity (Wildman–Crippen MR) is 75.0 cm³/mol. The maximum Gasteiger partial charge on any atom is 0.229 e. The second-order valence-corrected chi connectivity index (χ2v) is 6.00. The van der Waals surface area contributed by atoms with E-state index in [1.165, 1.54) is 12.8 Å². The van der Waals surface area contributed by atoms with Gasteiger partial charge in [-0.1, -0.05) is 0 Å². The van der Waals surface area contributed by atoms with E-state index in [9.17, 15) is 4.79 Å². The number of nitrogens with zero attached hydrogens (tertiary/aromatic N) is 2. The number of nitrogens with one attached hydrogen (secondary N) is 1. The van der Waals surface area contributed by atoms with Gasteiger partial charge in [0.2, 0.25) is 5.91 Å². The third-order valence-corrected chi connectivity index (χ3v) is 4.51. The Labute approximate surface area is 116 Å². The molecule has 1 amide bonds. The number of carbonyl (C=O) groups excluding carboxylic acids is 1. The van der Waals surface area contributed by atoms with E-state index < -0.39 is 0 Å². The third kappa shape index (κ3) is 3.68. The highest BCUT2D eigenvalue weighted by Gasteiger charge is 2.35. The van der Waals surface area contributed by atoms with Crippen molar-refractivity contribution in [2.45, 2.75) is 18.9 Å². The predicted octanol–water partition coefficient (Wildman–Crippen LogP) is 0.0210. The van der Waals surface area contributed by atoms with E-state index in [-0.39, 0.29) is 17.9 Å². The molecule has 0 aromatic carbocycles. The molecule has 2 unspecified atom stereocenters. The standard InChI is InChI=1S/C14H27N3O2/c1-15-13-10-19-9-12(13)14(18)17(3)8-11-4-6-16(2)7-5-11/h11-13,15H,4-10H2,1-3H3. The van der Waals surface area contributed by atoms with E-state index in [4.69, 9.17) is 4.74 Å². The molecule has 1 N–H and O–H groups in total. The van der Waals surface area contributed by atoms with Crippen LogP contribution in [-0.2, 0) is 9.53 Å². The Morgan fingerprint density at radius 3 is 2.68 bits per heavy atom. The van der Waals surface area contributed by atoms with Gasteiger partial charge in [-0.3, -0.25) is 4.79 Å². The first kappa shape index (κ1) is 14.8. The molecular weight excluding hydrogens is 242 g/mol. The number of hydrogen-bond acceptors (Lipinski definition) is 4. The van der Waals surface area contributed by atoms with Crippen molar-refractivity contribution in [2.75, 3.05) is 54.0 Å². The zero-order chi connectivity index (χ0) is 13.8. The molecular formula is C14H27N3O2. The summed E-state index contributed by atoms with van der Waals surface area (Å²) in [5.41, 5.74) is 0. The quantitative estimate of drug-likeness (QED) is 0.781. The third-order valence-electron chi connectivity index (χ3n) is 4.51. The molecule has 0 spiro atoms. The molecule has 2 fully saturated rings. The van der Waals surface area contributed by atoms with Crippen LogP contribution in [0.5, 0.6) is 0 Å². The zero-order valence-electron chi connectivity index (χ0n) is 12.4. The zero-order valence-corrected chi connectivity index (χ0v) is 12.4. The van der Waals surface area contributed by atoms with Gasteiger partial charge in [0.25, 0.3) is 0 Å². The first-order valence-electron chi connectivity index (χ1n) is 7.30. The molecule has 0 radical (unpaired) electrons. The Kier molecular flexibility index (Phi) is 5.19. The van der Waals surface area contributed by atoms with Gasteiger partial charge in [-0.25, -0.2) is 0 Å². The van der Waals surface area contributed by atoms with Crippen LogP contribution in [0.15, 0.2) is 0 Å². The van der Waals surface area contributed by atoms with E-state index >= 15 is 0 Å². The highest BCUT2D eigenvalue weighted by Crippen LogP contribution is 2.20. The number of ether oxygens (including phenoxy) is 1. The lowest BCUT2D eigenvalue weighted by molar-refractivity contribution is -0.135. The Balaban J connectivity index is 1.82. The molecule has 5 heteroatoms. The molecule has 2 aliphatic heterocycles. The summed E-state index contributed by atoms with van der Waals surface area (Å²) in [6.07, 6.45) is 2.40. The molecule has 0 aromatic rings. The van der Waals surface area contributed by atoms with Crippen molar-refractivity contribution in [3.8, 4) is 0 Å². The molecule has 2 heterocycles. The second-order valence-electron chi connectivity index (χ2n) is 6.00. The van der Waals surface area contributed by atoms with E-state index in [1.807, 2.05) is 19.0 Å². The van der Waals surface area contributed by atoms with Crippen molar-refractivity contribution in [3.63, 3.8) is 0 Å². The topological polar surface area (TPSA) is 44.8 Å². The summed E-state index contributed by atoms with van der Waals surface area (Å²) in [4.78, 5) is 16.7. The summed E-state index contributed by atoms with van der Waals surface area (Å²) in [5.74, 6) is 0.873. The molecule has 5 nitrogen and oxygen atoms in total. The monoisotopic (exact) mass is 269 g/mol. The molecule has 0 aromatic heterocycles. The second kappa shape index (κ2) is 6.68. The summed E-state index contributed by atoms with van der Waals surface area (Å²) < 4.78 is 5.42. The van der Waals surface area contributed by atoms with Crippen molar-refractivity contribution >= 4 is 5.91 Å². The van der Waals surface area contributed by atoms with Crippen LogP contribution < -0.4 is 5.32 Å². The molecule has 110 valence electrons. The number of likely N-dealkylation sites (tertiary alicyclic amines) is 1. The van der Waals surface area contributed by atoms with E-state index in [2.05, 4.69) is 17.3 Å². The van der Waals surface area contributed by atoms with Crippen molar-refractivity contribution in [1.82, 2.24) is 15.1 Å². The summed E-state index contributed by atoms with van der Waals surface area (Å²) in [6, 6.07) is 0.174. The lowest BCUT2D eigenvalue weighted by atomic mass is 9.95. The number of rotatable bonds is 4. The number of piperidine rings is 1. The average molecular weight is 269 g/mol. The first-order valence-corrected chi connectivity index (χ1v) is 7.30. The summed E-state index contributed by atoms with van der Waals surface area (Å²) in [6.45, 7) is 4.40. The highest BCUT2D eigenvalue weighted by molar-refractivity contribution is 5.79. The number of likely N-dealkylation sites (N-methyl/N-ethyl adjacent to an activating group) is 1. The minimum Gasteiger partial charge on any atom is -0.379 e. The smallest absolute Gasteiger partial charge is 0.229 e. The van der Waals surface area contributed by atoms with Crippen molar-refractivity contribution in [2.24, 2.45) is 11.8 Å². The van der Waals surface area contributed by atoms with Crippen molar-refractivity contribution < 1.29 is 9.53 Å². The maximum absolute atomic E-state index is 12.4. The summed E-state index contributed by atoms with van der Waals surface area (Å²) in [7, 11) is 6.00. The molecule has 2 rings (SSSR count). The molecule has 19 heavy (non-hydrogen) atoms. The van der Waals surface area contributed by atoms with Crippen LogP contribution in [0.25, 0.3) is 0 Å². The molecule has 0 bridgehead atoms. The average Bonchev–Trinajstić information content (AvgIpc) is 2.88. The van der Waals surface area contributed by atoms with E-state index in [1.54, 1.807) is 0 Å². The molecule has 2 aliphatic rings. The first-order chi connectivity index (χ1) is 9.11. The van der Waals surface area contributed by atoms with Gasteiger partial charge in [-0.05, 0) is 45.9 Å². The number of hydrogen-bond donors (Lipinski definition) is 1. The molecule has 0 saturated carbocycles. The lowest BCUT2D eigenvalue weighted by Crippen LogP contribution is -2.45. The summed E-state index contributed by atoms with van der Waals surface area (Å²) in [5, 5.41) is 3.18. The van der Waals surface area contributed by atoms with Crippen molar-refractivity contribution in [1.29, 1.82) is 0 Å². The van der Waals surface area contributed by atoms with Crippen LogP contribution in [0.2, 0.25) is 0 Å². The van der Waals surface area contributed by atoms with Crippen LogP contribution in [0.1, 0.15) is 12.8 Å².